The minimum Gasteiger partial charge on any atom is -0.339 e. The van der Waals surface area contributed by atoms with E-state index in [0.717, 1.165) is 13.0 Å². The predicted octanol–water partition coefficient (Wildman–Crippen LogP) is 0.199. The molecule has 1 aromatic rings. The first-order valence-corrected chi connectivity index (χ1v) is 8.07. The zero-order chi connectivity index (χ0) is 13.0. The van der Waals surface area contributed by atoms with Gasteiger partial charge in [-0.3, -0.25) is 0 Å². The molecule has 0 unspecified atom stereocenters. The highest BCUT2D eigenvalue weighted by Crippen LogP contribution is 2.22. The lowest BCUT2D eigenvalue weighted by molar-refractivity contribution is 0.339. The first-order chi connectivity index (χ1) is 8.59. The SMILES string of the molecule is CNCCc1noc(CC2CCS(=O)(=O)CC2)n1. The van der Waals surface area contributed by atoms with Gasteiger partial charge in [0.25, 0.3) is 0 Å². The van der Waals surface area contributed by atoms with Gasteiger partial charge in [-0.05, 0) is 25.8 Å². The van der Waals surface area contributed by atoms with Crippen molar-refractivity contribution in [2.24, 2.45) is 5.92 Å². The largest absolute Gasteiger partial charge is 0.339 e. The molecule has 1 aliphatic heterocycles. The molecule has 1 N–H and O–H groups in total. The van der Waals surface area contributed by atoms with Crippen LogP contribution in [0.2, 0.25) is 0 Å². The zero-order valence-corrected chi connectivity index (χ0v) is 11.4. The number of aromatic nitrogens is 2. The number of rotatable bonds is 5. The fourth-order valence-electron chi connectivity index (χ4n) is 2.10. The van der Waals surface area contributed by atoms with Crippen molar-refractivity contribution < 1.29 is 12.9 Å². The summed E-state index contributed by atoms with van der Waals surface area (Å²) in [6.07, 6.45) is 2.86. The minimum absolute atomic E-state index is 0.290. The lowest BCUT2D eigenvalue weighted by Crippen LogP contribution is -2.24. The van der Waals surface area contributed by atoms with E-state index in [2.05, 4.69) is 15.5 Å². The quantitative estimate of drug-likeness (QED) is 0.825. The molecule has 18 heavy (non-hydrogen) atoms. The van der Waals surface area contributed by atoms with Crippen LogP contribution in [-0.2, 0) is 22.7 Å². The highest BCUT2D eigenvalue weighted by atomic mass is 32.2. The smallest absolute Gasteiger partial charge is 0.226 e. The average Bonchev–Trinajstić information content (AvgIpc) is 2.77. The Bertz CT molecular complexity index is 469. The lowest BCUT2D eigenvalue weighted by Gasteiger charge is -2.19. The summed E-state index contributed by atoms with van der Waals surface area (Å²) >= 11 is 0. The van der Waals surface area contributed by atoms with E-state index in [4.69, 9.17) is 4.52 Å². The summed E-state index contributed by atoms with van der Waals surface area (Å²) in [5.74, 6) is 2.27. The van der Waals surface area contributed by atoms with E-state index in [1.165, 1.54) is 0 Å². The summed E-state index contributed by atoms with van der Waals surface area (Å²) < 4.78 is 27.8. The normalized spacial score (nSPS) is 20.1. The van der Waals surface area contributed by atoms with Gasteiger partial charge in [-0.15, -0.1) is 0 Å². The van der Waals surface area contributed by atoms with Crippen LogP contribution < -0.4 is 5.32 Å². The molecule has 0 saturated carbocycles. The molecule has 2 heterocycles. The number of nitrogens with zero attached hydrogens (tertiary/aromatic N) is 2. The van der Waals surface area contributed by atoms with Gasteiger partial charge in [0.05, 0.1) is 11.5 Å². The lowest BCUT2D eigenvalue weighted by atomic mass is 9.99. The Morgan fingerprint density at radius 2 is 2.11 bits per heavy atom. The van der Waals surface area contributed by atoms with Gasteiger partial charge in [-0.2, -0.15) is 4.98 Å². The molecule has 0 radical (unpaired) electrons. The molecule has 0 amide bonds. The van der Waals surface area contributed by atoms with Crippen molar-refractivity contribution in [2.45, 2.75) is 25.7 Å². The van der Waals surface area contributed by atoms with Gasteiger partial charge < -0.3 is 9.84 Å². The maximum atomic E-state index is 11.3. The molecule has 1 fully saturated rings. The van der Waals surface area contributed by atoms with Crippen LogP contribution >= 0.6 is 0 Å². The fourth-order valence-corrected chi connectivity index (χ4v) is 3.69. The van der Waals surface area contributed by atoms with E-state index in [0.29, 0.717) is 48.4 Å². The molecular weight excluding hydrogens is 254 g/mol. The Morgan fingerprint density at radius 1 is 1.39 bits per heavy atom. The van der Waals surface area contributed by atoms with Crippen LogP contribution in [0.1, 0.15) is 24.6 Å². The van der Waals surface area contributed by atoms with Crippen molar-refractivity contribution in [2.75, 3.05) is 25.1 Å². The minimum atomic E-state index is -2.79. The van der Waals surface area contributed by atoms with E-state index in [-0.39, 0.29) is 0 Å². The first-order valence-electron chi connectivity index (χ1n) is 6.25. The van der Waals surface area contributed by atoms with E-state index in [9.17, 15) is 8.42 Å². The second kappa shape index (κ2) is 5.79. The zero-order valence-electron chi connectivity index (χ0n) is 10.6. The van der Waals surface area contributed by atoms with E-state index in [1.807, 2.05) is 7.05 Å². The average molecular weight is 273 g/mol. The van der Waals surface area contributed by atoms with Crippen LogP contribution in [0.5, 0.6) is 0 Å². The summed E-state index contributed by atoms with van der Waals surface area (Å²) in [7, 11) is -0.911. The van der Waals surface area contributed by atoms with Crippen molar-refractivity contribution in [1.29, 1.82) is 0 Å². The fraction of sp³-hybridized carbons (Fsp3) is 0.818. The molecule has 7 heteroatoms. The van der Waals surface area contributed by atoms with Crippen LogP contribution in [0.3, 0.4) is 0 Å². The van der Waals surface area contributed by atoms with E-state index < -0.39 is 9.84 Å². The molecular formula is C11H19N3O3S. The summed E-state index contributed by atoms with van der Waals surface area (Å²) in [5.41, 5.74) is 0. The van der Waals surface area contributed by atoms with Gasteiger partial charge in [0, 0.05) is 19.4 Å². The van der Waals surface area contributed by atoms with Crippen LogP contribution in [0.4, 0.5) is 0 Å². The number of hydrogen-bond acceptors (Lipinski definition) is 6. The Labute approximate surface area is 107 Å². The second-order valence-corrected chi connectivity index (χ2v) is 7.06. The third-order valence-electron chi connectivity index (χ3n) is 3.25. The molecule has 1 saturated heterocycles. The molecule has 0 aromatic carbocycles. The van der Waals surface area contributed by atoms with Crippen molar-refractivity contribution in [3.8, 4) is 0 Å². The predicted molar refractivity (Wildman–Crippen MR) is 67.0 cm³/mol. The van der Waals surface area contributed by atoms with Crippen molar-refractivity contribution in [3.63, 3.8) is 0 Å². The van der Waals surface area contributed by atoms with Gasteiger partial charge in [-0.1, -0.05) is 5.16 Å². The highest BCUT2D eigenvalue weighted by molar-refractivity contribution is 7.91. The number of hydrogen-bond donors (Lipinski definition) is 1. The number of nitrogens with one attached hydrogen (secondary N) is 1. The van der Waals surface area contributed by atoms with Crippen molar-refractivity contribution in [1.82, 2.24) is 15.5 Å². The number of likely N-dealkylation sites (N-methyl/N-ethyl adjacent to an activating group) is 1. The summed E-state index contributed by atoms with van der Waals surface area (Å²) in [5, 5.41) is 6.93. The molecule has 0 bridgehead atoms. The summed E-state index contributed by atoms with van der Waals surface area (Å²) in [6.45, 7) is 0.820. The summed E-state index contributed by atoms with van der Waals surface area (Å²) in [6, 6.07) is 0. The van der Waals surface area contributed by atoms with E-state index >= 15 is 0 Å². The maximum Gasteiger partial charge on any atom is 0.226 e. The Morgan fingerprint density at radius 3 is 2.78 bits per heavy atom. The van der Waals surface area contributed by atoms with Gasteiger partial charge in [0.15, 0.2) is 5.82 Å². The maximum absolute atomic E-state index is 11.3. The topological polar surface area (TPSA) is 85.1 Å². The first kappa shape index (κ1) is 13.5. The Balaban J connectivity index is 1.84. The molecule has 102 valence electrons. The van der Waals surface area contributed by atoms with E-state index in [1.54, 1.807) is 0 Å². The second-order valence-electron chi connectivity index (χ2n) is 4.76. The van der Waals surface area contributed by atoms with Crippen LogP contribution in [0.15, 0.2) is 4.52 Å². The molecule has 1 aromatic heterocycles. The molecule has 6 nitrogen and oxygen atoms in total. The molecule has 0 atom stereocenters. The monoisotopic (exact) mass is 273 g/mol. The molecule has 0 aliphatic carbocycles. The van der Waals surface area contributed by atoms with Crippen molar-refractivity contribution >= 4 is 9.84 Å². The van der Waals surface area contributed by atoms with Crippen molar-refractivity contribution in [3.05, 3.63) is 11.7 Å². The van der Waals surface area contributed by atoms with Gasteiger partial charge in [0.1, 0.15) is 9.84 Å². The van der Waals surface area contributed by atoms with Gasteiger partial charge in [-0.25, -0.2) is 8.42 Å². The van der Waals surface area contributed by atoms with Crippen LogP contribution in [0.25, 0.3) is 0 Å². The third-order valence-corrected chi connectivity index (χ3v) is 4.96. The Hall–Kier alpha value is -0.950. The van der Waals surface area contributed by atoms with Crippen LogP contribution in [0, 0.1) is 5.92 Å². The third kappa shape index (κ3) is 3.78. The Kier molecular flexibility index (Phi) is 4.34. The van der Waals surface area contributed by atoms with Gasteiger partial charge >= 0.3 is 0 Å². The van der Waals surface area contributed by atoms with Crippen LogP contribution in [-0.4, -0.2) is 43.7 Å². The molecule has 2 rings (SSSR count). The molecule has 1 aliphatic rings. The number of sulfone groups is 1. The molecule has 0 spiro atoms. The van der Waals surface area contributed by atoms with Gasteiger partial charge in [0.2, 0.25) is 5.89 Å². The highest BCUT2D eigenvalue weighted by Gasteiger charge is 2.25. The standard InChI is InChI=1S/C11H19N3O3S/c1-12-5-2-10-13-11(17-14-10)8-9-3-6-18(15,16)7-4-9/h9,12H,2-8H2,1H3. The summed E-state index contributed by atoms with van der Waals surface area (Å²) in [4.78, 5) is 4.31.